The van der Waals surface area contributed by atoms with E-state index in [0.29, 0.717) is 5.54 Å². The van der Waals surface area contributed by atoms with E-state index in [1.165, 1.54) is 49.9 Å². The average molecular weight is 235 g/mol. The molecule has 1 aliphatic carbocycles. The lowest BCUT2D eigenvalue weighted by molar-refractivity contribution is 0.280. The summed E-state index contributed by atoms with van der Waals surface area (Å²) >= 11 is 1.91. The maximum absolute atomic E-state index is 3.89. The zero-order chi connectivity index (χ0) is 11.0. The molecule has 1 nitrogen and oxygen atoms in total. The lowest BCUT2D eigenvalue weighted by atomic mass is 9.82. The first-order valence-electron chi connectivity index (χ1n) is 6.62. The molecule has 0 spiro atoms. The Morgan fingerprint density at radius 3 is 2.88 bits per heavy atom. The molecule has 2 heteroatoms. The molecule has 0 aromatic carbocycles. The standard InChI is InChI=1S/C14H21NS/c1-11-9-13(10-16-11)14(12-5-6-12)7-3-2-4-8-15-14/h9-10,12,15H,2-8H2,1H3. The minimum atomic E-state index is 0.348. The van der Waals surface area contributed by atoms with Gasteiger partial charge in [0.15, 0.2) is 0 Å². The van der Waals surface area contributed by atoms with Gasteiger partial charge in [0.1, 0.15) is 0 Å². The Morgan fingerprint density at radius 1 is 1.31 bits per heavy atom. The average Bonchev–Trinajstić information content (AvgIpc) is 3.06. The Hall–Kier alpha value is -0.340. The molecular weight excluding hydrogens is 214 g/mol. The van der Waals surface area contributed by atoms with Gasteiger partial charge in [-0.2, -0.15) is 0 Å². The van der Waals surface area contributed by atoms with Crippen molar-refractivity contribution in [3.63, 3.8) is 0 Å². The fraction of sp³-hybridized carbons (Fsp3) is 0.714. The van der Waals surface area contributed by atoms with E-state index in [4.69, 9.17) is 0 Å². The molecule has 16 heavy (non-hydrogen) atoms. The summed E-state index contributed by atoms with van der Waals surface area (Å²) in [4.78, 5) is 1.46. The number of hydrogen-bond donors (Lipinski definition) is 1. The van der Waals surface area contributed by atoms with Crippen molar-refractivity contribution in [2.75, 3.05) is 6.54 Å². The van der Waals surface area contributed by atoms with E-state index in [-0.39, 0.29) is 0 Å². The van der Waals surface area contributed by atoms with Gasteiger partial charge < -0.3 is 5.32 Å². The van der Waals surface area contributed by atoms with Gasteiger partial charge in [-0.3, -0.25) is 0 Å². The highest BCUT2D eigenvalue weighted by Gasteiger charge is 2.46. The molecule has 2 heterocycles. The largest absolute Gasteiger partial charge is 0.307 e. The molecule has 0 radical (unpaired) electrons. The van der Waals surface area contributed by atoms with Gasteiger partial charge in [-0.15, -0.1) is 11.3 Å². The van der Waals surface area contributed by atoms with Gasteiger partial charge in [0.05, 0.1) is 0 Å². The van der Waals surface area contributed by atoms with E-state index < -0.39 is 0 Å². The van der Waals surface area contributed by atoms with Crippen LogP contribution in [0.4, 0.5) is 0 Å². The third-order valence-corrected chi connectivity index (χ3v) is 5.07. The van der Waals surface area contributed by atoms with Gasteiger partial charge in [-0.05, 0) is 62.1 Å². The summed E-state index contributed by atoms with van der Waals surface area (Å²) < 4.78 is 0. The van der Waals surface area contributed by atoms with Gasteiger partial charge in [-0.25, -0.2) is 0 Å². The monoisotopic (exact) mass is 235 g/mol. The zero-order valence-electron chi connectivity index (χ0n) is 10.1. The van der Waals surface area contributed by atoms with Crippen molar-refractivity contribution in [2.24, 2.45) is 5.92 Å². The van der Waals surface area contributed by atoms with Crippen molar-refractivity contribution in [3.8, 4) is 0 Å². The second kappa shape index (κ2) is 4.15. The first-order chi connectivity index (χ1) is 7.81. The first kappa shape index (κ1) is 10.8. The maximum Gasteiger partial charge on any atom is 0.0471 e. The summed E-state index contributed by atoms with van der Waals surface area (Å²) in [6.45, 7) is 3.44. The molecule has 88 valence electrons. The van der Waals surface area contributed by atoms with E-state index in [1.54, 1.807) is 5.56 Å². The van der Waals surface area contributed by atoms with Gasteiger partial charge >= 0.3 is 0 Å². The molecule has 0 bridgehead atoms. The topological polar surface area (TPSA) is 12.0 Å². The SMILES string of the molecule is Cc1cc(C2(C3CC3)CCCCCN2)cs1. The van der Waals surface area contributed by atoms with Crippen molar-refractivity contribution < 1.29 is 0 Å². The second-order valence-corrected chi connectivity index (χ2v) is 6.54. The summed E-state index contributed by atoms with van der Waals surface area (Å²) in [6.07, 6.45) is 8.39. The molecule has 1 N–H and O–H groups in total. The minimum absolute atomic E-state index is 0.348. The van der Waals surface area contributed by atoms with Crippen LogP contribution in [0.5, 0.6) is 0 Å². The van der Waals surface area contributed by atoms with E-state index in [1.807, 2.05) is 11.3 Å². The molecule has 1 aromatic rings. The van der Waals surface area contributed by atoms with Crippen molar-refractivity contribution in [3.05, 3.63) is 21.9 Å². The van der Waals surface area contributed by atoms with Crippen LogP contribution in [-0.2, 0) is 5.54 Å². The Kier molecular flexibility index (Phi) is 2.80. The smallest absolute Gasteiger partial charge is 0.0471 e. The highest BCUT2D eigenvalue weighted by molar-refractivity contribution is 7.10. The maximum atomic E-state index is 3.89. The van der Waals surface area contributed by atoms with Crippen molar-refractivity contribution in [1.82, 2.24) is 5.32 Å². The highest BCUT2D eigenvalue weighted by atomic mass is 32.1. The van der Waals surface area contributed by atoms with E-state index in [0.717, 1.165) is 5.92 Å². The number of thiophene rings is 1. The summed E-state index contributed by atoms with van der Waals surface area (Å²) in [7, 11) is 0. The Labute approximate surface area is 102 Å². The van der Waals surface area contributed by atoms with Crippen LogP contribution in [0.15, 0.2) is 11.4 Å². The van der Waals surface area contributed by atoms with Crippen LogP contribution in [0.1, 0.15) is 49.0 Å². The van der Waals surface area contributed by atoms with Crippen molar-refractivity contribution in [1.29, 1.82) is 0 Å². The molecular formula is C14H21NS. The molecule has 3 rings (SSSR count). The summed E-state index contributed by atoms with van der Waals surface area (Å²) in [5.74, 6) is 0.916. The van der Waals surface area contributed by atoms with Gasteiger partial charge in [-0.1, -0.05) is 12.8 Å². The molecule has 1 atom stereocenters. The van der Waals surface area contributed by atoms with E-state index >= 15 is 0 Å². The van der Waals surface area contributed by atoms with E-state index in [9.17, 15) is 0 Å². The number of nitrogens with one attached hydrogen (secondary N) is 1. The highest BCUT2D eigenvalue weighted by Crippen LogP contribution is 2.50. The van der Waals surface area contributed by atoms with Crippen LogP contribution in [0, 0.1) is 12.8 Å². The molecule has 1 saturated carbocycles. The predicted octanol–water partition coefficient (Wildman–Crippen LogP) is 3.83. The number of hydrogen-bond acceptors (Lipinski definition) is 2. The van der Waals surface area contributed by atoms with Crippen LogP contribution in [-0.4, -0.2) is 6.54 Å². The molecule has 1 unspecified atom stereocenters. The predicted molar refractivity (Wildman–Crippen MR) is 69.9 cm³/mol. The van der Waals surface area contributed by atoms with Crippen LogP contribution in [0.25, 0.3) is 0 Å². The summed E-state index contributed by atoms with van der Waals surface area (Å²) in [5, 5.41) is 6.29. The third kappa shape index (κ3) is 1.82. The molecule has 2 aliphatic rings. The van der Waals surface area contributed by atoms with Gasteiger partial charge in [0.25, 0.3) is 0 Å². The van der Waals surface area contributed by atoms with Crippen LogP contribution < -0.4 is 5.32 Å². The fourth-order valence-electron chi connectivity index (χ4n) is 3.19. The lowest BCUT2D eigenvalue weighted by Crippen LogP contribution is -2.43. The normalized spacial score (nSPS) is 31.3. The Bertz CT molecular complexity index is 357. The molecule has 1 aliphatic heterocycles. The van der Waals surface area contributed by atoms with Crippen molar-refractivity contribution in [2.45, 2.75) is 51.0 Å². The quantitative estimate of drug-likeness (QED) is 0.821. The molecule has 2 fully saturated rings. The van der Waals surface area contributed by atoms with Crippen molar-refractivity contribution >= 4 is 11.3 Å². The second-order valence-electron chi connectivity index (χ2n) is 5.43. The van der Waals surface area contributed by atoms with Crippen LogP contribution in [0.2, 0.25) is 0 Å². The fourth-order valence-corrected chi connectivity index (χ4v) is 3.98. The first-order valence-corrected chi connectivity index (χ1v) is 7.50. The summed E-state index contributed by atoms with van der Waals surface area (Å²) in [5.41, 5.74) is 1.93. The van der Waals surface area contributed by atoms with E-state index in [2.05, 4.69) is 23.7 Å². The molecule has 0 amide bonds. The zero-order valence-corrected chi connectivity index (χ0v) is 10.9. The Balaban J connectivity index is 1.94. The third-order valence-electron chi connectivity index (χ3n) is 4.21. The van der Waals surface area contributed by atoms with Gasteiger partial charge in [0, 0.05) is 10.4 Å². The number of aryl methyl sites for hydroxylation is 1. The summed E-state index contributed by atoms with van der Waals surface area (Å²) in [6, 6.07) is 2.42. The number of rotatable bonds is 2. The molecule has 1 saturated heterocycles. The van der Waals surface area contributed by atoms with Crippen LogP contribution in [0.3, 0.4) is 0 Å². The molecule has 1 aromatic heterocycles. The lowest BCUT2D eigenvalue weighted by Gasteiger charge is -2.34. The van der Waals surface area contributed by atoms with Gasteiger partial charge in [0.2, 0.25) is 0 Å². The van der Waals surface area contributed by atoms with Crippen LogP contribution >= 0.6 is 11.3 Å². The Morgan fingerprint density at radius 2 is 2.19 bits per heavy atom. The minimum Gasteiger partial charge on any atom is -0.307 e.